The first-order valence-electron chi connectivity index (χ1n) is 8.04. The molecule has 26 heavy (non-hydrogen) atoms. The monoisotopic (exact) mass is 368 g/mol. The molecule has 1 heterocycles. The molecule has 1 aromatic carbocycles. The number of rotatable bonds is 8. The first-order chi connectivity index (χ1) is 12.4. The maximum atomic E-state index is 14.2. The molecule has 142 valence electrons. The summed E-state index contributed by atoms with van der Waals surface area (Å²) in [5.41, 5.74) is 0.561. The van der Waals surface area contributed by atoms with Gasteiger partial charge in [0.2, 0.25) is 11.8 Å². The number of carbonyl (C=O) groups excluding carboxylic acids is 3. The van der Waals surface area contributed by atoms with Crippen molar-refractivity contribution in [2.24, 2.45) is 0 Å². The minimum Gasteiger partial charge on any atom is -0.442 e. The first-order valence-corrected chi connectivity index (χ1v) is 8.04. The third-order valence-corrected chi connectivity index (χ3v) is 3.62. The number of aliphatic hydroxyl groups excluding tert-OH is 1. The zero-order valence-corrected chi connectivity index (χ0v) is 14.3. The molecular weight excluding hydrogens is 347 g/mol. The van der Waals surface area contributed by atoms with Gasteiger partial charge in [-0.1, -0.05) is 0 Å². The van der Waals surface area contributed by atoms with Crippen LogP contribution in [0, 0.1) is 5.82 Å². The minimum absolute atomic E-state index is 0.194. The molecule has 0 radical (unpaired) electrons. The van der Waals surface area contributed by atoms with E-state index in [1.165, 1.54) is 24.0 Å². The summed E-state index contributed by atoms with van der Waals surface area (Å²) in [7, 11) is 0. The fourth-order valence-electron chi connectivity index (χ4n) is 2.37. The summed E-state index contributed by atoms with van der Waals surface area (Å²) in [5.74, 6) is -1.30. The lowest BCUT2D eigenvalue weighted by atomic mass is 10.2. The lowest BCUT2D eigenvalue weighted by molar-refractivity contribution is -0.123. The Labute approximate surface area is 149 Å². The lowest BCUT2D eigenvalue weighted by Gasteiger charge is -2.15. The smallest absolute Gasteiger partial charge is 0.414 e. The van der Waals surface area contributed by atoms with E-state index in [0.29, 0.717) is 5.69 Å². The highest BCUT2D eigenvalue weighted by Crippen LogP contribution is 2.25. The van der Waals surface area contributed by atoms with Crippen LogP contribution in [0.4, 0.5) is 20.6 Å². The van der Waals surface area contributed by atoms with Crippen LogP contribution in [0.1, 0.15) is 6.92 Å². The van der Waals surface area contributed by atoms with E-state index >= 15 is 0 Å². The number of aliphatic hydroxyl groups is 1. The molecule has 0 spiro atoms. The predicted molar refractivity (Wildman–Crippen MR) is 91.3 cm³/mol. The molecule has 1 aromatic rings. The molecule has 0 unspecified atom stereocenters. The van der Waals surface area contributed by atoms with Crippen LogP contribution in [0.25, 0.3) is 0 Å². The molecule has 1 aliphatic rings. The molecule has 0 bridgehead atoms. The molecule has 2 rings (SSSR count). The Balaban J connectivity index is 1.91. The number of anilines is 2. The van der Waals surface area contributed by atoms with Crippen LogP contribution >= 0.6 is 0 Å². The average Bonchev–Trinajstić information content (AvgIpc) is 2.98. The molecule has 1 fully saturated rings. The second-order valence-electron chi connectivity index (χ2n) is 5.65. The third kappa shape index (κ3) is 5.31. The largest absolute Gasteiger partial charge is 0.442 e. The average molecular weight is 368 g/mol. The predicted octanol–water partition coefficient (Wildman–Crippen LogP) is -0.193. The minimum atomic E-state index is -0.604. The number of benzene rings is 1. The van der Waals surface area contributed by atoms with Gasteiger partial charge in [-0.05, 0) is 18.2 Å². The van der Waals surface area contributed by atoms with Gasteiger partial charge in [0.05, 0.1) is 24.5 Å². The quantitative estimate of drug-likeness (QED) is 0.472. The van der Waals surface area contributed by atoms with Gasteiger partial charge in [0.1, 0.15) is 18.5 Å². The van der Waals surface area contributed by atoms with Gasteiger partial charge in [0.15, 0.2) is 0 Å². The van der Waals surface area contributed by atoms with Gasteiger partial charge < -0.3 is 25.8 Å². The molecule has 10 heteroatoms. The fraction of sp³-hybridized carbons (Fsp3) is 0.438. The van der Waals surface area contributed by atoms with Crippen molar-refractivity contribution in [3.8, 4) is 0 Å². The van der Waals surface area contributed by atoms with Gasteiger partial charge in [-0.2, -0.15) is 0 Å². The first kappa shape index (κ1) is 19.4. The van der Waals surface area contributed by atoms with E-state index in [4.69, 9.17) is 9.84 Å². The fourth-order valence-corrected chi connectivity index (χ4v) is 2.37. The Hall–Kier alpha value is -2.88. The number of hydrogen-bond donors (Lipinski definition) is 4. The van der Waals surface area contributed by atoms with Crippen LogP contribution in [0.15, 0.2) is 18.2 Å². The van der Waals surface area contributed by atoms with E-state index in [-0.39, 0.29) is 37.8 Å². The van der Waals surface area contributed by atoms with Crippen molar-refractivity contribution in [1.82, 2.24) is 10.6 Å². The van der Waals surface area contributed by atoms with Crippen LogP contribution in [-0.4, -0.2) is 61.9 Å². The van der Waals surface area contributed by atoms with Crippen molar-refractivity contribution in [1.29, 1.82) is 0 Å². The maximum Gasteiger partial charge on any atom is 0.414 e. The molecule has 1 aliphatic heterocycles. The van der Waals surface area contributed by atoms with Crippen molar-refractivity contribution in [2.75, 3.05) is 43.0 Å². The van der Waals surface area contributed by atoms with Gasteiger partial charge in [0.25, 0.3) is 0 Å². The van der Waals surface area contributed by atoms with Gasteiger partial charge in [-0.25, -0.2) is 9.18 Å². The second kappa shape index (κ2) is 8.99. The molecule has 0 aromatic heterocycles. The summed E-state index contributed by atoms with van der Waals surface area (Å²) in [6.45, 7) is 1.66. The van der Waals surface area contributed by atoms with Crippen molar-refractivity contribution in [3.63, 3.8) is 0 Å². The highest BCUT2D eigenvalue weighted by molar-refractivity contribution is 5.90. The van der Waals surface area contributed by atoms with E-state index in [1.807, 2.05) is 0 Å². The topological polar surface area (TPSA) is 120 Å². The molecule has 9 nitrogen and oxygen atoms in total. The number of nitrogens with one attached hydrogen (secondary N) is 3. The molecule has 0 aliphatic carbocycles. The van der Waals surface area contributed by atoms with Crippen LogP contribution in [0.5, 0.6) is 0 Å². The molecule has 1 atom stereocenters. The van der Waals surface area contributed by atoms with Crippen LogP contribution < -0.4 is 20.9 Å². The number of amides is 3. The SMILES string of the molecule is CC(=O)NC[C@H]1CN(c2ccc(NCCNC(=O)CO)c(F)c2)C(=O)O1. The van der Waals surface area contributed by atoms with Crippen molar-refractivity contribution < 1.29 is 28.6 Å². The number of halogens is 1. The van der Waals surface area contributed by atoms with E-state index in [2.05, 4.69) is 16.0 Å². The molecule has 3 amide bonds. The second-order valence-corrected chi connectivity index (χ2v) is 5.65. The highest BCUT2D eigenvalue weighted by Gasteiger charge is 2.32. The normalized spacial score (nSPS) is 16.2. The van der Waals surface area contributed by atoms with Gasteiger partial charge in [0, 0.05) is 20.0 Å². The Morgan fingerprint density at radius 3 is 2.77 bits per heavy atom. The van der Waals surface area contributed by atoms with Crippen LogP contribution in [-0.2, 0) is 14.3 Å². The number of hydrogen-bond acceptors (Lipinski definition) is 6. The Kier molecular flexibility index (Phi) is 6.73. The summed E-state index contributed by atoms with van der Waals surface area (Å²) >= 11 is 0. The van der Waals surface area contributed by atoms with Crippen LogP contribution in [0.3, 0.4) is 0 Å². The van der Waals surface area contributed by atoms with Crippen molar-refractivity contribution >= 4 is 29.3 Å². The summed E-state index contributed by atoms with van der Waals surface area (Å²) in [6.07, 6.45) is -1.10. The molecule has 4 N–H and O–H groups in total. The van der Waals surface area contributed by atoms with Gasteiger partial charge in [-0.15, -0.1) is 0 Å². The summed E-state index contributed by atoms with van der Waals surface area (Å²) in [6, 6.07) is 4.25. The standard InChI is InChI=1S/C16H21FN4O5/c1-10(23)20-7-12-8-21(16(25)26-12)11-2-3-14(13(17)6-11)18-4-5-19-15(24)9-22/h2-3,6,12,18,22H,4-5,7-9H2,1H3,(H,19,24)(H,20,23)/t12-/m0/s1. The number of ether oxygens (including phenoxy) is 1. The maximum absolute atomic E-state index is 14.2. The summed E-state index contributed by atoms with van der Waals surface area (Å²) in [5, 5.41) is 16.4. The molecular formula is C16H21FN4O5. The Bertz CT molecular complexity index is 685. The van der Waals surface area contributed by atoms with Crippen molar-refractivity contribution in [3.05, 3.63) is 24.0 Å². The molecule has 1 saturated heterocycles. The zero-order valence-electron chi connectivity index (χ0n) is 14.3. The highest BCUT2D eigenvalue weighted by atomic mass is 19.1. The zero-order chi connectivity index (χ0) is 19.1. The van der Waals surface area contributed by atoms with E-state index < -0.39 is 30.5 Å². The Morgan fingerprint density at radius 2 is 2.12 bits per heavy atom. The summed E-state index contributed by atoms with van der Waals surface area (Å²) in [4.78, 5) is 35.0. The molecule has 0 saturated carbocycles. The van der Waals surface area contributed by atoms with Crippen LogP contribution in [0.2, 0.25) is 0 Å². The lowest BCUT2D eigenvalue weighted by Crippen LogP contribution is -2.33. The third-order valence-electron chi connectivity index (χ3n) is 3.62. The van der Waals surface area contributed by atoms with Gasteiger partial charge in [-0.3, -0.25) is 14.5 Å². The van der Waals surface area contributed by atoms with E-state index in [9.17, 15) is 18.8 Å². The Morgan fingerprint density at radius 1 is 1.35 bits per heavy atom. The van der Waals surface area contributed by atoms with E-state index in [0.717, 1.165) is 0 Å². The number of carbonyl (C=O) groups is 3. The number of nitrogens with zero attached hydrogens (tertiary/aromatic N) is 1. The van der Waals surface area contributed by atoms with Gasteiger partial charge >= 0.3 is 6.09 Å². The number of cyclic esters (lactones) is 1. The van der Waals surface area contributed by atoms with E-state index in [1.54, 1.807) is 6.07 Å². The van der Waals surface area contributed by atoms with Crippen molar-refractivity contribution in [2.45, 2.75) is 13.0 Å². The summed E-state index contributed by atoms with van der Waals surface area (Å²) < 4.78 is 19.3.